The van der Waals surface area contributed by atoms with Crippen molar-refractivity contribution in [3.8, 4) is 0 Å². The number of hydrogen-bond donors (Lipinski definition) is 0. The number of thiophene rings is 2. The molecule has 2 heterocycles. The van der Waals surface area contributed by atoms with E-state index in [1.54, 1.807) is 11.3 Å². The summed E-state index contributed by atoms with van der Waals surface area (Å²) in [6, 6.07) is 6.44. The molecule has 0 aliphatic rings. The van der Waals surface area contributed by atoms with Crippen LogP contribution in [0.3, 0.4) is 0 Å². The van der Waals surface area contributed by atoms with Gasteiger partial charge in [0.05, 0.1) is 0 Å². The van der Waals surface area contributed by atoms with Gasteiger partial charge in [-0.1, -0.05) is 6.92 Å². The van der Waals surface area contributed by atoms with Crippen molar-refractivity contribution in [2.75, 3.05) is 0 Å². The van der Waals surface area contributed by atoms with E-state index in [0.29, 0.717) is 0 Å². The van der Waals surface area contributed by atoms with Crippen molar-refractivity contribution >= 4 is 50.2 Å². The summed E-state index contributed by atoms with van der Waals surface area (Å²) in [5, 5.41) is -0.0154. The van der Waals surface area contributed by atoms with Crippen molar-refractivity contribution in [3.05, 3.63) is 42.2 Å². The Kier molecular flexibility index (Phi) is 4.11. The molecule has 4 heteroatoms. The summed E-state index contributed by atoms with van der Waals surface area (Å²) in [7, 11) is 0. The molecule has 0 radical (unpaired) electrons. The molecule has 0 spiro atoms. The summed E-state index contributed by atoms with van der Waals surface area (Å²) in [6.07, 6.45) is 1.08. The summed E-state index contributed by atoms with van der Waals surface area (Å²) < 4.78 is 1.13. The second-order valence-corrected chi connectivity index (χ2v) is 7.37. The highest BCUT2D eigenvalue weighted by molar-refractivity contribution is 9.10. The number of hydrogen-bond acceptors (Lipinski definition) is 2. The van der Waals surface area contributed by atoms with Crippen molar-refractivity contribution in [2.45, 2.75) is 25.6 Å². The lowest BCUT2D eigenvalue weighted by Gasteiger charge is -2.05. The lowest BCUT2D eigenvalue weighted by Crippen LogP contribution is -1.85. The molecule has 0 bridgehead atoms. The van der Waals surface area contributed by atoms with Gasteiger partial charge in [0.15, 0.2) is 0 Å². The molecule has 86 valence electrons. The highest BCUT2D eigenvalue weighted by Crippen LogP contribution is 2.41. The molecule has 0 saturated carbocycles. The highest BCUT2D eigenvalue weighted by Gasteiger charge is 2.18. The lowest BCUT2D eigenvalue weighted by atomic mass is 10.3. The summed E-state index contributed by atoms with van der Waals surface area (Å²) in [5.41, 5.74) is 0. The molecule has 2 aromatic rings. The first-order chi connectivity index (χ1) is 7.61. The Labute approximate surface area is 117 Å². The smallest absolute Gasteiger partial charge is 0.103 e. The van der Waals surface area contributed by atoms with E-state index in [0.717, 1.165) is 10.9 Å². The fraction of sp³-hybridized carbons (Fsp3) is 0.333. The van der Waals surface area contributed by atoms with Crippen molar-refractivity contribution in [3.63, 3.8) is 0 Å². The first-order valence-corrected chi connectivity index (χ1v) is 7.96. The van der Waals surface area contributed by atoms with Gasteiger partial charge in [0.25, 0.3) is 0 Å². The van der Waals surface area contributed by atoms with Gasteiger partial charge in [0, 0.05) is 24.0 Å². The minimum absolute atomic E-state index is 0.0154. The lowest BCUT2D eigenvalue weighted by molar-refractivity contribution is 1.19. The Morgan fingerprint density at radius 3 is 2.62 bits per heavy atom. The fourth-order valence-electron chi connectivity index (χ4n) is 1.52. The molecule has 0 amide bonds. The molecular formula is C12H12BrClS2. The molecule has 0 aliphatic carbocycles. The van der Waals surface area contributed by atoms with E-state index in [1.807, 2.05) is 11.3 Å². The molecule has 2 aromatic heterocycles. The average molecular weight is 336 g/mol. The van der Waals surface area contributed by atoms with E-state index in [-0.39, 0.29) is 5.38 Å². The fourth-order valence-corrected chi connectivity index (χ4v) is 5.01. The van der Waals surface area contributed by atoms with Crippen LogP contribution in [0, 0.1) is 6.92 Å². The van der Waals surface area contributed by atoms with Crippen LogP contribution in [-0.4, -0.2) is 0 Å². The monoisotopic (exact) mass is 334 g/mol. The Bertz CT molecular complexity index is 487. The van der Waals surface area contributed by atoms with Crippen molar-refractivity contribution in [1.29, 1.82) is 0 Å². The number of aryl methyl sites for hydroxylation is 2. The standard InChI is InChI=1S/C12H12BrClS2/c1-3-8-4-5-10(16-8)11(14)12-9(13)6-7(2)15-12/h4-6,11H,3H2,1-2H3. The highest BCUT2D eigenvalue weighted by atomic mass is 79.9. The van der Waals surface area contributed by atoms with E-state index in [1.165, 1.54) is 19.5 Å². The number of rotatable bonds is 3. The second kappa shape index (κ2) is 5.21. The van der Waals surface area contributed by atoms with Gasteiger partial charge in [0.1, 0.15) is 5.38 Å². The minimum Gasteiger partial charge on any atom is -0.143 e. The first kappa shape index (κ1) is 12.6. The second-order valence-electron chi connectivity index (χ2n) is 3.59. The Balaban J connectivity index is 2.31. The molecule has 16 heavy (non-hydrogen) atoms. The maximum atomic E-state index is 6.51. The van der Waals surface area contributed by atoms with Gasteiger partial charge in [-0.2, -0.15) is 0 Å². The molecule has 1 unspecified atom stereocenters. The van der Waals surface area contributed by atoms with Crippen LogP contribution in [-0.2, 0) is 6.42 Å². The van der Waals surface area contributed by atoms with Gasteiger partial charge >= 0.3 is 0 Å². The largest absolute Gasteiger partial charge is 0.143 e. The summed E-state index contributed by atoms with van der Waals surface area (Å²) in [5.74, 6) is 0. The minimum atomic E-state index is -0.0154. The van der Waals surface area contributed by atoms with Crippen LogP contribution in [0.1, 0.15) is 31.8 Å². The third-order valence-electron chi connectivity index (χ3n) is 2.35. The number of halogens is 2. The molecule has 2 rings (SSSR count). The van der Waals surface area contributed by atoms with Gasteiger partial charge in [-0.05, 0) is 47.5 Å². The van der Waals surface area contributed by atoms with E-state index < -0.39 is 0 Å². The zero-order chi connectivity index (χ0) is 11.7. The van der Waals surface area contributed by atoms with Crippen LogP contribution in [0.4, 0.5) is 0 Å². The van der Waals surface area contributed by atoms with Crippen LogP contribution >= 0.6 is 50.2 Å². The zero-order valence-corrected chi connectivity index (χ0v) is 13.1. The van der Waals surface area contributed by atoms with E-state index in [2.05, 4.69) is 48.0 Å². The summed E-state index contributed by atoms with van der Waals surface area (Å²) >= 11 is 13.7. The van der Waals surface area contributed by atoms with Crippen LogP contribution in [0.2, 0.25) is 0 Å². The van der Waals surface area contributed by atoms with Gasteiger partial charge in [-0.25, -0.2) is 0 Å². The molecule has 0 nitrogen and oxygen atoms in total. The summed E-state index contributed by atoms with van der Waals surface area (Å²) in [6.45, 7) is 4.28. The van der Waals surface area contributed by atoms with E-state index in [9.17, 15) is 0 Å². The predicted molar refractivity (Wildman–Crippen MR) is 78.1 cm³/mol. The van der Waals surface area contributed by atoms with Crippen LogP contribution in [0.25, 0.3) is 0 Å². The summed E-state index contributed by atoms with van der Waals surface area (Å²) in [4.78, 5) is 5.13. The zero-order valence-electron chi connectivity index (χ0n) is 9.09. The molecule has 0 fully saturated rings. The van der Waals surface area contributed by atoms with Gasteiger partial charge in [-0.3, -0.25) is 0 Å². The first-order valence-electron chi connectivity index (χ1n) is 5.10. The maximum absolute atomic E-state index is 6.51. The Hall–Kier alpha value is 0.170. The SMILES string of the molecule is CCc1ccc(C(Cl)c2sc(C)cc2Br)s1. The molecule has 0 aliphatic heterocycles. The number of alkyl halides is 1. The molecule has 1 atom stereocenters. The van der Waals surface area contributed by atoms with Crippen LogP contribution < -0.4 is 0 Å². The third kappa shape index (κ3) is 2.53. The quantitative estimate of drug-likeness (QED) is 0.624. The van der Waals surface area contributed by atoms with E-state index in [4.69, 9.17) is 11.6 Å². The van der Waals surface area contributed by atoms with Crippen molar-refractivity contribution in [2.24, 2.45) is 0 Å². The van der Waals surface area contributed by atoms with Gasteiger partial charge in [0.2, 0.25) is 0 Å². The topological polar surface area (TPSA) is 0 Å². The third-order valence-corrected chi connectivity index (χ3v) is 6.39. The Morgan fingerprint density at radius 1 is 1.38 bits per heavy atom. The van der Waals surface area contributed by atoms with Gasteiger partial charge < -0.3 is 0 Å². The molecule has 0 aromatic carbocycles. The van der Waals surface area contributed by atoms with Crippen molar-refractivity contribution in [1.82, 2.24) is 0 Å². The van der Waals surface area contributed by atoms with Gasteiger partial charge in [-0.15, -0.1) is 34.3 Å². The molecular weight excluding hydrogens is 324 g/mol. The molecule has 0 saturated heterocycles. The average Bonchev–Trinajstić information content (AvgIpc) is 2.84. The normalized spacial score (nSPS) is 13.0. The Morgan fingerprint density at radius 2 is 2.12 bits per heavy atom. The van der Waals surface area contributed by atoms with Crippen LogP contribution in [0.15, 0.2) is 22.7 Å². The maximum Gasteiger partial charge on any atom is 0.103 e. The van der Waals surface area contributed by atoms with Crippen LogP contribution in [0.5, 0.6) is 0 Å². The predicted octanol–water partition coefficient (Wildman–Crippen LogP) is 5.77. The molecule has 0 N–H and O–H groups in total. The van der Waals surface area contributed by atoms with Crippen molar-refractivity contribution < 1.29 is 0 Å². The van der Waals surface area contributed by atoms with E-state index >= 15 is 0 Å².